The number of benzene rings is 1. The Labute approximate surface area is 200 Å². The molecule has 0 spiro atoms. The van der Waals surface area contributed by atoms with Crippen molar-refractivity contribution in [1.29, 1.82) is 0 Å². The van der Waals surface area contributed by atoms with Crippen LogP contribution in [0.25, 0.3) is 22.6 Å². The third-order valence-corrected chi connectivity index (χ3v) is 6.58. The summed E-state index contributed by atoms with van der Waals surface area (Å²) in [6.45, 7) is 10.9. The van der Waals surface area contributed by atoms with Gasteiger partial charge in [0.15, 0.2) is 0 Å². The van der Waals surface area contributed by atoms with Crippen molar-refractivity contribution >= 4 is 23.0 Å². The van der Waals surface area contributed by atoms with Crippen LogP contribution in [-0.4, -0.2) is 50.4 Å². The van der Waals surface area contributed by atoms with Crippen molar-refractivity contribution in [2.75, 3.05) is 30.8 Å². The molecule has 34 heavy (non-hydrogen) atoms. The number of fused-ring (bicyclic) bond motifs is 1. The minimum atomic E-state index is 0.417. The van der Waals surface area contributed by atoms with E-state index in [9.17, 15) is 0 Å². The van der Waals surface area contributed by atoms with Crippen molar-refractivity contribution < 1.29 is 0 Å². The summed E-state index contributed by atoms with van der Waals surface area (Å²) in [5, 5.41) is 6.51. The quantitative estimate of drug-likeness (QED) is 0.405. The van der Waals surface area contributed by atoms with E-state index in [-0.39, 0.29) is 0 Å². The van der Waals surface area contributed by atoms with Gasteiger partial charge >= 0.3 is 0 Å². The molecule has 7 heteroatoms. The molecule has 174 valence electrons. The number of imidazole rings is 1. The van der Waals surface area contributed by atoms with Gasteiger partial charge in [-0.3, -0.25) is 4.40 Å². The maximum Gasteiger partial charge on any atom is 0.208 e. The van der Waals surface area contributed by atoms with Gasteiger partial charge in [-0.05, 0) is 50.6 Å². The second kappa shape index (κ2) is 9.27. The summed E-state index contributed by atoms with van der Waals surface area (Å²) in [6.07, 6.45) is 4.75. The normalized spacial score (nSPS) is 16.3. The average Bonchev–Trinajstić information content (AvgIpc) is 3.50. The van der Waals surface area contributed by atoms with Crippen LogP contribution in [0.2, 0.25) is 0 Å². The number of hydrogen-bond acceptors (Lipinski definition) is 6. The van der Waals surface area contributed by atoms with Crippen LogP contribution in [-0.2, 0) is 0 Å². The molecule has 0 saturated carbocycles. The third kappa shape index (κ3) is 4.15. The third-order valence-electron chi connectivity index (χ3n) is 6.58. The number of hydrogen-bond donors (Lipinski definition) is 2. The Morgan fingerprint density at radius 3 is 2.56 bits per heavy atom. The number of nitrogens with one attached hydrogen (secondary N) is 2. The summed E-state index contributed by atoms with van der Waals surface area (Å²) >= 11 is 0. The first-order valence-corrected chi connectivity index (χ1v) is 11.8. The smallest absolute Gasteiger partial charge is 0.208 e. The molecule has 1 saturated heterocycles. The Balaban J connectivity index is 1.49. The van der Waals surface area contributed by atoms with Gasteiger partial charge in [-0.2, -0.15) is 0 Å². The van der Waals surface area contributed by atoms with E-state index in [0.29, 0.717) is 12.0 Å². The molecule has 1 atom stereocenters. The lowest BCUT2D eigenvalue weighted by molar-refractivity contribution is 0.272. The van der Waals surface area contributed by atoms with Gasteiger partial charge in [0.05, 0.1) is 11.2 Å². The van der Waals surface area contributed by atoms with E-state index in [1.165, 1.54) is 0 Å². The lowest BCUT2D eigenvalue weighted by Gasteiger charge is -2.19. The highest BCUT2D eigenvalue weighted by molar-refractivity contribution is 5.76. The summed E-state index contributed by atoms with van der Waals surface area (Å²) in [4.78, 5) is 16.6. The van der Waals surface area contributed by atoms with Crippen molar-refractivity contribution in [3.8, 4) is 11.4 Å². The van der Waals surface area contributed by atoms with Gasteiger partial charge in [-0.1, -0.05) is 36.9 Å². The van der Waals surface area contributed by atoms with Crippen LogP contribution in [0.15, 0.2) is 67.5 Å². The predicted octanol–water partition coefficient (Wildman–Crippen LogP) is 5.11. The molecular weight excluding hydrogens is 422 g/mol. The van der Waals surface area contributed by atoms with Crippen molar-refractivity contribution in [3.63, 3.8) is 0 Å². The molecule has 0 amide bonds. The van der Waals surface area contributed by atoms with E-state index in [0.717, 1.165) is 65.1 Å². The van der Waals surface area contributed by atoms with Crippen LogP contribution in [0.3, 0.4) is 0 Å². The Bertz CT molecular complexity index is 1290. The van der Waals surface area contributed by atoms with Gasteiger partial charge in [0.2, 0.25) is 5.95 Å². The van der Waals surface area contributed by atoms with Gasteiger partial charge < -0.3 is 15.5 Å². The molecule has 1 fully saturated rings. The fraction of sp³-hybridized carbons (Fsp3) is 0.296. The molecule has 0 bridgehead atoms. The Hall–Kier alpha value is -3.71. The highest BCUT2D eigenvalue weighted by Crippen LogP contribution is 2.35. The molecule has 7 nitrogen and oxygen atoms in total. The van der Waals surface area contributed by atoms with E-state index >= 15 is 0 Å². The Kier molecular flexibility index (Phi) is 6.02. The molecule has 5 rings (SSSR count). The topological polar surface area (TPSA) is 70.4 Å². The van der Waals surface area contributed by atoms with Gasteiger partial charge in [-0.25, -0.2) is 15.0 Å². The lowest BCUT2D eigenvalue weighted by atomic mass is 10.0. The SMILES string of the molecule is C=C(Nc1ccccn1)c1ccc(-c2nc(C3CCN(C(C)C)C3)c3ccnc(NC)n23)cc1. The monoisotopic (exact) mass is 453 g/mol. The molecule has 0 radical (unpaired) electrons. The first-order chi connectivity index (χ1) is 16.5. The lowest BCUT2D eigenvalue weighted by Crippen LogP contribution is -2.27. The summed E-state index contributed by atoms with van der Waals surface area (Å²) < 4.78 is 2.14. The second-order valence-electron chi connectivity index (χ2n) is 9.03. The number of rotatable bonds is 7. The molecule has 1 aliphatic rings. The van der Waals surface area contributed by atoms with E-state index < -0.39 is 0 Å². The van der Waals surface area contributed by atoms with Crippen LogP contribution in [0.1, 0.15) is 37.4 Å². The number of nitrogens with zero attached hydrogens (tertiary/aromatic N) is 5. The van der Waals surface area contributed by atoms with Crippen molar-refractivity contribution in [3.05, 3.63) is 78.8 Å². The summed E-state index contributed by atoms with van der Waals surface area (Å²) in [5.41, 5.74) is 5.12. The number of aromatic nitrogens is 4. The number of likely N-dealkylation sites (tertiary alicyclic amines) is 1. The molecule has 0 aliphatic carbocycles. The summed E-state index contributed by atoms with van der Waals surface area (Å²) in [7, 11) is 1.90. The molecule has 2 N–H and O–H groups in total. The van der Waals surface area contributed by atoms with Gasteiger partial charge in [0.1, 0.15) is 11.6 Å². The van der Waals surface area contributed by atoms with Crippen molar-refractivity contribution in [2.45, 2.75) is 32.2 Å². The number of pyridine rings is 1. The summed E-state index contributed by atoms with van der Waals surface area (Å²) in [5.74, 6) is 2.88. The largest absolute Gasteiger partial charge is 0.358 e. The molecule has 1 unspecified atom stereocenters. The van der Waals surface area contributed by atoms with Crippen LogP contribution in [0.5, 0.6) is 0 Å². The van der Waals surface area contributed by atoms with Crippen molar-refractivity contribution in [2.24, 2.45) is 0 Å². The van der Waals surface area contributed by atoms with E-state index in [2.05, 4.69) is 80.7 Å². The minimum absolute atomic E-state index is 0.417. The van der Waals surface area contributed by atoms with Crippen molar-refractivity contribution in [1.82, 2.24) is 24.3 Å². The summed E-state index contributed by atoms with van der Waals surface area (Å²) in [6, 6.07) is 16.7. The Morgan fingerprint density at radius 2 is 1.88 bits per heavy atom. The van der Waals surface area contributed by atoms with Crippen LogP contribution < -0.4 is 10.6 Å². The zero-order valence-electron chi connectivity index (χ0n) is 20.0. The molecule has 3 aromatic heterocycles. The van der Waals surface area contributed by atoms with Gasteiger partial charge in [-0.15, -0.1) is 0 Å². The fourth-order valence-electron chi connectivity index (χ4n) is 4.69. The van der Waals surface area contributed by atoms with E-state index in [1.807, 2.05) is 31.4 Å². The van der Waals surface area contributed by atoms with Crippen LogP contribution >= 0.6 is 0 Å². The van der Waals surface area contributed by atoms with Crippen LogP contribution in [0, 0.1) is 0 Å². The number of anilines is 2. The Morgan fingerprint density at radius 1 is 1.06 bits per heavy atom. The average molecular weight is 454 g/mol. The maximum atomic E-state index is 5.19. The van der Waals surface area contributed by atoms with Crippen LogP contribution in [0.4, 0.5) is 11.8 Å². The zero-order valence-corrected chi connectivity index (χ0v) is 20.0. The van der Waals surface area contributed by atoms with E-state index in [1.54, 1.807) is 6.20 Å². The molecule has 1 aromatic carbocycles. The molecular formula is C27H31N7. The highest BCUT2D eigenvalue weighted by Gasteiger charge is 2.30. The predicted molar refractivity (Wildman–Crippen MR) is 139 cm³/mol. The standard InChI is InChI=1S/C27H31N7/c1-18(2)33-16-13-22(17-33)25-23-12-15-30-27(28-4)34(23)26(32-25)21-10-8-20(9-11-21)19(3)31-24-7-5-6-14-29-24/h5-12,14-15,18,22H,3,13,16-17H2,1-2,4H3,(H,28,30)(H,29,31). The molecule has 4 heterocycles. The molecule has 1 aliphatic heterocycles. The van der Waals surface area contributed by atoms with Gasteiger partial charge in [0, 0.05) is 49.2 Å². The first-order valence-electron chi connectivity index (χ1n) is 11.8. The zero-order chi connectivity index (χ0) is 23.7. The fourth-order valence-corrected chi connectivity index (χ4v) is 4.69. The molecule has 4 aromatic rings. The minimum Gasteiger partial charge on any atom is -0.358 e. The maximum absolute atomic E-state index is 5.19. The second-order valence-corrected chi connectivity index (χ2v) is 9.03. The van der Waals surface area contributed by atoms with Gasteiger partial charge in [0.25, 0.3) is 0 Å². The highest BCUT2D eigenvalue weighted by atomic mass is 15.2. The first kappa shape index (κ1) is 22.1. The van der Waals surface area contributed by atoms with E-state index in [4.69, 9.17) is 4.98 Å².